The van der Waals surface area contributed by atoms with Gasteiger partial charge in [-0.3, -0.25) is 0 Å². The van der Waals surface area contributed by atoms with Crippen LogP contribution in [0.25, 0.3) is 0 Å². The smallest absolute Gasteiger partial charge is 0.0991 e. The molecular formula is C10H12N2. The lowest BCUT2D eigenvalue weighted by atomic mass is 10.2. The van der Waals surface area contributed by atoms with Crippen LogP contribution in [0.4, 0.5) is 5.69 Å². The molecule has 0 heterocycles. The minimum Gasteiger partial charge on any atom is -0.383 e. The van der Waals surface area contributed by atoms with E-state index in [2.05, 4.69) is 25.2 Å². The molecule has 0 fully saturated rings. The Morgan fingerprint density at radius 1 is 1.25 bits per heavy atom. The Morgan fingerprint density at radius 2 is 1.83 bits per heavy atom. The third kappa shape index (κ3) is 2.28. The van der Waals surface area contributed by atoms with Gasteiger partial charge in [-0.15, -0.1) is 0 Å². The fourth-order valence-corrected chi connectivity index (χ4v) is 0.974. The van der Waals surface area contributed by atoms with E-state index in [1.807, 2.05) is 24.3 Å². The molecule has 0 saturated carbocycles. The van der Waals surface area contributed by atoms with Crippen LogP contribution in [0.1, 0.15) is 19.4 Å². The molecule has 0 radical (unpaired) electrons. The van der Waals surface area contributed by atoms with E-state index in [4.69, 9.17) is 5.26 Å². The Kier molecular flexibility index (Phi) is 2.71. The van der Waals surface area contributed by atoms with Crippen molar-refractivity contribution in [2.45, 2.75) is 19.9 Å². The van der Waals surface area contributed by atoms with E-state index in [1.165, 1.54) is 0 Å². The fourth-order valence-electron chi connectivity index (χ4n) is 0.974. The summed E-state index contributed by atoms with van der Waals surface area (Å²) < 4.78 is 0. The normalized spacial score (nSPS) is 9.50. The van der Waals surface area contributed by atoms with Gasteiger partial charge in [0.2, 0.25) is 0 Å². The van der Waals surface area contributed by atoms with E-state index in [-0.39, 0.29) is 0 Å². The number of rotatable bonds is 2. The van der Waals surface area contributed by atoms with Crippen molar-refractivity contribution in [1.82, 2.24) is 0 Å². The van der Waals surface area contributed by atoms with Gasteiger partial charge in [0.25, 0.3) is 0 Å². The number of nitrogens with zero attached hydrogens (tertiary/aromatic N) is 1. The van der Waals surface area contributed by atoms with Crippen LogP contribution in [0.15, 0.2) is 24.3 Å². The SMILES string of the molecule is CC(C)Nc1ccc(C#N)cc1. The summed E-state index contributed by atoms with van der Waals surface area (Å²) in [7, 11) is 0. The largest absolute Gasteiger partial charge is 0.383 e. The second-order valence-electron chi connectivity index (χ2n) is 2.99. The summed E-state index contributed by atoms with van der Waals surface area (Å²) in [4.78, 5) is 0. The quantitative estimate of drug-likeness (QED) is 0.721. The van der Waals surface area contributed by atoms with Gasteiger partial charge in [0.05, 0.1) is 11.6 Å². The lowest BCUT2D eigenvalue weighted by Gasteiger charge is -2.08. The highest BCUT2D eigenvalue weighted by molar-refractivity contribution is 5.47. The van der Waals surface area contributed by atoms with Crippen molar-refractivity contribution in [2.24, 2.45) is 0 Å². The minimum atomic E-state index is 0.429. The lowest BCUT2D eigenvalue weighted by Crippen LogP contribution is -2.09. The molecule has 0 atom stereocenters. The summed E-state index contributed by atoms with van der Waals surface area (Å²) >= 11 is 0. The van der Waals surface area contributed by atoms with Gasteiger partial charge in [0.15, 0.2) is 0 Å². The molecule has 0 aliphatic carbocycles. The summed E-state index contributed by atoms with van der Waals surface area (Å²) in [5.41, 5.74) is 1.76. The van der Waals surface area contributed by atoms with Gasteiger partial charge in [0.1, 0.15) is 0 Å². The van der Waals surface area contributed by atoms with Crippen molar-refractivity contribution in [3.8, 4) is 6.07 Å². The van der Waals surface area contributed by atoms with Crippen molar-refractivity contribution < 1.29 is 0 Å². The van der Waals surface area contributed by atoms with Crippen LogP contribution in [0.2, 0.25) is 0 Å². The van der Waals surface area contributed by atoms with E-state index in [0.29, 0.717) is 11.6 Å². The second kappa shape index (κ2) is 3.77. The van der Waals surface area contributed by atoms with Gasteiger partial charge < -0.3 is 5.32 Å². The van der Waals surface area contributed by atoms with Crippen molar-refractivity contribution in [3.05, 3.63) is 29.8 Å². The van der Waals surface area contributed by atoms with Crippen LogP contribution < -0.4 is 5.32 Å². The number of benzene rings is 1. The second-order valence-corrected chi connectivity index (χ2v) is 2.99. The summed E-state index contributed by atoms with van der Waals surface area (Å²) in [6, 6.07) is 9.96. The molecule has 0 bridgehead atoms. The van der Waals surface area contributed by atoms with Gasteiger partial charge >= 0.3 is 0 Å². The lowest BCUT2D eigenvalue weighted by molar-refractivity contribution is 0.900. The van der Waals surface area contributed by atoms with Gasteiger partial charge in [-0.25, -0.2) is 0 Å². The number of hydrogen-bond acceptors (Lipinski definition) is 2. The maximum absolute atomic E-state index is 8.54. The van der Waals surface area contributed by atoms with Crippen molar-refractivity contribution >= 4 is 5.69 Å². The first-order chi connectivity index (χ1) is 5.72. The Balaban J connectivity index is 2.73. The van der Waals surface area contributed by atoms with Crippen molar-refractivity contribution in [1.29, 1.82) is 5.26 Å². The standard InChI is InChI=1S/C10H12N2/c1-8(2)12-10-5-3-9(7-11)4-6-10/h3-6,8,12H,1-2H3. The molecular weight excluding hydrogens is 148 g/mol. The van der Waals surface area contributed by atoms with Crippen molar-refractivity contribution in [3.63, 3.8) is 0 Å². The Morgan fingerprint density at radius 3 is 2.25 bits per heavy atom. The third-order valence-corrected chi connectivity index (χ3v) is 1.47. The highest BCUT2D eigenvalue weighted by Crippen LogP contribution is 2.09. The fraction of sp³-hybridized carbons (Fsp3) is 0.300. The monoisotopic (exact) mass is 160 g/mol. The molecule has 2 heteroatoms. The van der Waals surface area contributed by atoms with E-state index in [0.717, 1.165) is 5.69 Å². The van der Waals surface area contributed by atoms with Crippen LogP contribution in [-0.2, 0) is 0 Å². The predicted molar refractivity (Wildman–Crippen MR) is 49.9 cm³/mol. The molecule has 1 N–H and O–H groups in total. The first kappa shape index (κ1) is 8.61. The van der Waals surface area contributed by atoms with Gasteiger partial charge in [-0.2, -0.15) is 5.26 Å². The van der Waals surface area contributed by atoms with Gasteiger partial charge in [0, 0.05) is 11.7 Å². The molecule has 0 unspecified atom stereocenters. The van der Waals surface area contributed by atoms with Crippen LogP contribution in [0.5, 0.6) is 0 Å². The van der Waals surface area contributed by atoms with Gasteiger partial charge in [-0.05, 0) is 38.1 Å². The van der Waals surface area contributed by atoms with E-state index < -0.39 is 0 Å². The summed E-state index contributed by atoms with van der Waals surface area (Å²) in [5, 5.41) is 11.8. The zero-order valence-electron chi connectivity index (χ0n) is 7.33. The molecule has 0 saturated heterocycles. The van der Waals surface area contributed by atoms with E-state index in [9.17, 15) is 0 Å². The minimum absolute atomic E-state index is 0.429. The zero-order chi connectivity index (χ0) is 8.97. The molecule has 0 amide bonds. The van der Waals surface area contributed by atoms with E-state index >= 15 is 0 Å². The van der Waals surface area contributed by atoms with Crippen molar-refractivity contribution in [2.75, 3.05) is 5.32 Å². The summed E-state index contributed by atoms with van der Waals surface area (Å²) in [5.74, 6) is 0. The van der Waals surface area contributed by atoms with Crippen LogP contribution >= 0.6 is 0 Å². The average molecular weight is 160 g/mol. The third-order valence-electron chi connectivity index (χ3n) is 1.47. The van der Waals surface area contributed by atoms with Crippen LogP contribution in [-0.4, -0.2) is 6.04 Å². The van der Waals surface area contributed by atoms with Gasteiger partial charge in [-0.1, -0.05) is 0 Å². The first-order valence-electron chi connectivity index (χ1n) is 3.99. The predicted octanol–water partition coefficient (Wildman–Crippen LogP) is 2.38. The molecule has 0 aliphatic rings. The molecule has 0 aliphatic heterocycles. The molecule has 0 aromatic heterocycles. The molecule has 0 spiro atoms. The Hall–Kier alpha value is -1.49. The number of nitrogens with one attached hydrogen (secondary N) is 1. The molecule has 12 heavy (non-hydrogen) atoms. The molecule has 62 valence electrons. The summed E-state index contributed by atoms with van der Waals surface area (Å²) in [6.45, 7) is 4.16. The highest BCUT2D eigenvalue weighted by atomic mass is 14.9. The molecule has 1 aromatic rings. The maximum atomic E-state index is 8.54. The molecule has 2 nitrogen and oxygen atoms in total. The molecule has 1 aromatic carbocycles. The number of nitriles is 1. The first-order valence-corrected chi connectivity index (χ1v) is 3.99. The average Bonchev–Trinajstić information content (AvgIpc) is 2.05. The van der Waals surface area contributed by atoms with E-state index in [1.54, 1.807) is 0 Å². The molecule has 1 rings (SSSR count). The van der Waals surface area contributed by atoms with Crippen LogP contribution in [0.3, 0.4) is 0 Å². The van der Waals surface area contributed by atoms with Crippen LogP contribution in [0, 0.1) is 11.3 Å². The Labute approximate surface area is 72.8 Å². The summed E-state index contributed by atoms with van der Waals surface area (Å²) in [6.07, 6.45) is 0. The Bertz CT molecular complexity index is 280. The zero-order valence-corrected chi connectivity index (χ0v) is 7.33. The topological polar surface area (TPSA) is 35.8 Å². The highest BCUT2D eigenvalue weighted by Gasteiger charge is 1.94. The number of hydrogen-bond donors (Lipinski definition) is 1. The maximum Gasteiger partial charge on any atom is 0.0991 e. The number of anilines is 1.